The highest BCUT2D eigenvalue weighted by Crippen LogP contribution is 2.54. The number of hydrogen-bond acceptors (Lipinski definition) is 6. The number of hydrogen-bond donors (Lipinski definition) is 2. The van der Waals surface area contributed by atoms with Crippen molar-refractivity contribution >= 4 is 29.2 Å². The van der Waals surface area contributed by atoms with Crippen molar-refractivity contribution in [2.45, 2.75) is 18.9 Å². The largest absolute Gasteiger partial charge is 0.465 e. The van der Waals surface area contributed by atoms with E-state index in [2.05, 4.69) is 4.98 Å². The number of para-hydroxylation sites is 1. The Balaban J connectivity index is 1.84. The van der Waals surface area contributed by atoms with Gasteiger partial charge in [0.1, 0.15) is 16.7 Å². The van der Waals surface area contributed by atoms with Gasteiger partial charge >= 0.3 is 5.97 Å². The lowest BCUT2D eigenvalue weighted by Crippen LogP contribution is -2.51. The van der Waals surface area contributed by atoms with Gasteiger partial charge in [-0.05, 0) is 30.7 Å². The molecule has 172 valence electrons. The summed E-state index contributed by atoms with van der Waals surface area (Å²) in [5.74, 6) is -1.57. The van der Waals surface area contributed by atoms with Crippen molar-refractivity contribution in [3.63, 3.8) is 0 Å². The van der Waals surface area contributed by atoms with Crippen LogP contribution in [0.1, 0.15) is 22.4 Å². The zero-order chi connectivity index (χ0) is 24.2. The molecule has 0 radical (unpaired) electrons. The maximum Gasteiger partial charge on any atom is 0.340 e. The summed E-state index contributed by atoms with van der Waals surface area (Å²) in [5.41, 5.74) is 5.83. The molecule has 1 spiro atoms. The molecule has 3 N–H and O–H groups in total. The van der Waals surface area contributed by atoms with Gasteiger partial charge in [-0.3, -0.25) is 9.59 Å². The first-order valence-electron chi connectivity index (χ1n) is 10.5. The van der Waals surface area contributed by atoms with Crippen molar-refractivity contribution in [1.29, 1.82) is 0 Å². The molecule has 1 unspecified atom stereocenters. The first-order chi connectivity index (χ1) is 16.3. The molecule has 0 fully saturated rings. The van der Waals surface area contributed by atoms with Gasteiger partial charge in [-0.25, -0.2) is 4.79 Å². The number of aryl methyl sites for hydroxylation is 1. The lowest BCUT2D eigenvalue weighted by molar-refractivity contribution is -0.138. The highest BCUT2D eigenvalue weighted by molar-refractivity contribution is 6.30. The van der Waals surface area contributed by atoms with Crippen LogP contribution in [0.2, 0.25) is 5.02 Å². The van der Waals surface area contributed by atoms with Gasteiger partial charge in [-0.15, -0.1) is 0 Å². The Bertz CT molecular complexity index is 1460. The second-order valence-electron chi connectivity index (χ2n) is 8.14. The van der Waals surface area contributed by atoms with Crippen LogP contribution in [0, 0.1) is 6.92 Å². The molecule has 2 aliphatic rings. The third-order valence-corrected chi connectivity index (χ3v) is 6.37. The summed E-state index contributed by atoms with van der Waals surface area (Å²) in [4.78, 5) is 45.0. The van der Waals surface area contributed by atoms with Crippen molar-refractivity contribution in [3.05, 3.63) is 104 Å². The second-order valence-corrected chi connectivity index (χ2v) is 8.58. The summed E-state index contributed by atoms with van der Waals surface area (Å²) >= 11 is 6.16. The Kier molecular flexibility index (Phi) is 4.98. The molecule has 34 heavy (non-hydrogen) atoms. The maximum absolute atomic E-state index is 14.4. The van der Waals surface area contributed by atoms with E-state index in [-0.39, 0.29) is 29.3 Å². The number of H-pyrrole nitrogens is 1. The van der Waals surface area contributed by atoms with E-state index in [1.807, 2.05) is 6.07 Å². The van der Waals surface area contributed by atoms with E-state index in [0.29, 0.717) is 22.0 Å². The number of methoxy groups -OCH3 is 1. The van der Waals surface area contributed by atoms with Crippen LogP contribution < -0.4 is 20.9 Å². The van der Waals surface area contributed by atoms with E-state index in [1.54, 1.807) is 55.5 Å². The molecule has 8 nitrogen and oxygen atoms in total. The molecule has 3 heterocycles. The van der Waals surface area contributed by atoms with Crippen LogP contribution in [-0.2, 0) is 26.3 Å². The zero-order valence-electron chi connectivity index (χ0n) is 18.3. The average Bonchev–Trinajstić information content (AvgIpc) is 3.02. The van der Waals surface area contributed by atoms with Crippen LogP contribution in [0.4, 0.5) is 5.69 Å². The van der Waals surface area contributed by atoms with Crippen molar-refractivity contribution in [3.8, 4) is 5.75 Å². The van der Waals surface area contributed by atoms with Crippen molar-refractivity contribution in [2.75, 3.05) is 12.0 Å². The first-order valence-corrected chi connectivity index (χ1v) is 10.8. The lowest BCUT2D eigenvalue weighted by Gasteiger charge is -2.35. The topological polar surface area (TPSA) is 115 Å². The van der Waals surface area contributed by atoms with E-state index >= 15 is 0 Å². The van der Waals surface area contributed by atoms with Gasteiger partial charge in [0.2, 0.25) is 11.8 Å². The molecular weight excluding hydrogens is 458 g/mol. The van der Waals surface area contributed by atoms with Gasteiger partial charge in [0.05, 0.1) is 19.2 Å². The predicted molar refractivity (Wildman–Crippen MR) is 126 cm³/mol. The fraction of sp³-hybridized carbons (Fsp3) is 0.160. The number of carbonyl (C=O) groups excluding carboxylic acids is 2. The Morgan fingerprint density at radius 3 is 2.68 bits per heavy atom. The number of halogens is 1. The number of nitrogens with two attached hydrogens (primary N) is 1. The lowest BCUT2D eigenvalue weighted by atomic mass is 9.68. The third-order valence-electron chi connectivity index (χ3n) is 6.13. The molecule has 1 aromatic heterocycles. The monoisotopic (exact) mass is 477 g/mol. The van der Waals surface area contributed by atoms with Gasteiger partial charge in [-0.2, -0.15) is 0 Å². The number of pyridine rings is 1. The molecule has 5 rings (SSSR count). The molecule has 2 aromatic carbocycles. The fourth-order valence-corrected chi connectivity index (χ4v) is 5.05. The first kappa shape index (κ1) is 21.8. The molecule has 0 saturated carbocycles. The summed E-state index contributed by atoms with van der Waals surface area (Å²) in [6, 6.07) is 15.7. The van der Waals surface area contributed by atoms with E-state index < -0.39 is 22.9 Å². The smallest absolute Gasteiger partial charge is 0.340 e. The predicted octanol–water partition coefficient (Wildman–Crippen LogP) is 2.91. The number of anilines is 1. The number of carbonyl (C=O) groups is 2. The second kappa shape index (κ2) is 7.78. The molecule has 0 saturated heterocycles. The number of amides is 1. The number of rotatable bonds is 3. The SMILES string of the molecule is COC(=O)C1=C(N)Oc2cc(C)[nH]c(=O)c2C12C(=O)N(Cc1cccc(Cl)c1)c1ccccc12. The number of nitrogens with zero attached hydrogens (tertiary/aromatic N) is 1. The highest BCUT2D eigenvalue weighted by Gasteiger charge is 2.62. The number of benzene rings is 2. The van der Waals surface area contributed by atoms with E-state index in [0.717, 1.165) is 5.56 Å². The quantitative estimate of drug-likeness (QED) is 0.560. The number of esters is 1. The van der Waals surface area contributed by atoms with Gasteiger partial charge in [-0.1, -0.05) is 41.9 Å². The number of ether oxygens (including phenoxy) is 2. The summed E-state index contributed by atoms with van der Waals surface area (Å²) in [7, 11) is 1.18. The van der Waals surface area contributed by atoms with Gasteiger partial charge in [0.15, 0.2) is 0 Å². The third kappa shape index (κ3) is 2.95. The van der Waals surface area contributed by atoms with Gasteiger partial charge in [0, 0.05) is 28.0 Å². The minimum atomic E-state index is -1.85. The minimum absolute atomic E-state index is 0.0151. The molecule has 0 aliphatic carbocycles. The Labute approximate surface area is 199 Å². The fourth-order valence-electron chi connectivity index (χ4n) is 4.84. The summed E-state index contributed by atoms with van der Waals surface area (Å²) in [5, 5.41) is 0.523. The number of aromatic amines is 1. The van der Waals surface area contributed by atoms with E-state index in [1.165, 1.54) is 12.0 Å². The number of aromatic nitrogens is 1. The van der Waals surface area contributed by atoms with Crippen LogP contribution in [-0.4, -0.2) is 24.0 Å². The van der Waals surface area contributed by atoms with Crippen molar-refractivity contribution in [2.24, 2.45) is 5.73 Å². The molecule has 1 amide bonds. The highest BCUT2D eigenvalue weighted by atomic mass is 35.5. The standard InChI is InChI=1S/C25H20ClN3O5/c1-13-10-18-19(22(30)28-13)25(20(21(27)34-18)23(31)33-2)16-8-3-4-9-17(16)29(24(25)32)12-14-6-5-7-15(26)11-14/h3-11H,12,27H2,1-2H3,(H,28,30). The van der Waals surface area contributed by atoms with Crippen LogP contribution in [0.15, 0.2) is 70.8 Å². The summed E-state index contributed by atoms with van der Waals surface area (Å²) in [6.45, 7) is 1.84. The van der Waals surface area contributed by atoms with Crippen LogP contribution in [0.5, 0.6) is 5.75 Å². The van der Waals surface area contributed by atoms with Crippen molar-refractivity contribution in [1.82, 2.24) is 4.98 Å². The number of nitrogens with one attached hydrogen (secondary N) is 1. The Morgan fingerprint density at radius 1 is 1.18 bits per heavy atom. The van der Waals surface area contributed by atoms with Crippen molar-refractivity contribution < 1.29 is 19.1 Å². The Hall–Kier alpha value is -4.04. The van der Waals surface area contributed by atoms with Crippen LogP contribution in [0.25, 0.3) is 0 Å². The average molecular weight is 478 g/mol. The van der Waals surface area contributed by atoms with Crippen LogP contribution >= 0.6 is 11.6 Å². The Morgan fingerprint density at radius 2 is 1.94 bits per heavy atom. The molecule has 0 bridgehead atoms. The van der Waals surface area contributed by atoms with E-state index in [9.17, 15) is 14.4 Å². The van der Waals surface area contributed by atoms with E-state index in [4.69, 9.17) is 26.8 Å². The summed E-state index contributed by atoms with van der Waals surface area (Å²) < 4.78 is 10.7. The minimum Gasteiger partial charge on any atom is -0.465 e. The van der Waals surface area contributed by atoms with Crippen LogP contribution in [0.3, 0.4) is 0 Å². The van der Waals surface area contributed by atoms with Gasteiger partial charge in [0.25, 0.3) is 5.56 Å². The normalized spacial score (nSPS) is 18.6. The molecule has 9 heteroatoms. The molecule has 3 aromatic rings. The molecule has 1 atom stereocenters. The molecule has 2 aliphatic heterocycles. The summed E-state index contributed by atoms with van der Waals surface area (Å²) in [6.07, 6.45) is 0. The number of fused-ring (bicyclic) bond motifs is 4. The zero-order valence-corrected chi connectivity index (χ0v) is 19.1. The molecular formula is C25H20ClN3O5. The maximum atomic E-state index is 14.4. The van der Waals surface area contributed by atoms with Gasteiger partial charge < -0.3 is 25.1 Å².